The maximum atomic E-state index is 13.7. The van der Waals surface area contributed by atoms with Gasteiger partial charge in [0, 0.05) is 36.7 Å². The molecule has 4 rings (SSSR count). The van der Waals surface area contributed by atoms with E-state index in [1.165, 1.54) is 13.2 Å². The summed E-state index contributed by atoms with van der Waals surface area (Å²) in [5.74, 6) is -0.472. The molecule has 0 amide bonds. The van der Waals surface area contributed by atoms with Crippen molar-refractivity contribution >= 4 is 11.1 Å². The molecule has 30 heavy (non-hydrogen) atoms. The predicted octanol–water partition coefficient (Wildman–Crippen LogP) is 3.59. The number of halogens is 2. The number of fused-ring (bicyclic) bond motifs is 1. The van der Waals surface area contributed by atoms with E-state index in [2.05, 4.69) is 9.97 Å². The third kappa shape index (κ3) is 4.29. The Morgan fingerprint density at radius 3 is 2.87 bits per heavy atom. The maximum absolute atomic E-state index is 13.7. The largest absolute Gasteiger partial charge is 0.441 e. The molecule has 3 N–H and O–H groups in total. The predicted molar refractivity (Wildman–Crippen MR) is 109 cm³/mol. The van der Waals surface area contributed by atoms with Crippen LogP contribution in [0.1, 0.15) is 48.6 Å². The molecule has 1 aromatic carbocycles. The van der Waals surface area contributed by atoms with Crippen LogP contribution in [-0.4, -0.2) is 35.4 Å². The minimum atomic E-state index is -0.781. The van der Waals surface area contributed by atoms with Gasteiger partial charge < -0.3 is 19.9 Å². The van der Waals surface area contributed by atoms with Crippen molar-refractivity contribution in [1.29, 1.82) is 0 Å². The molecule has 0 spiro atoms. The molecule has 0 bridgehead atoms. The number of aromatic amines is 1. The monoisotopic (exact) mass is 417 g/mol. The number of oxazole rings is 1. The molecule has 1 atom stereocenters. The summed E-state index contributed by atoms with van der Waals surface area (Å²) >= 11 is 0. The summed E-state index contributed by atoms with van der Waals surface area (Å²) in [6.07, 6.45) is 2.80. The average molecular weight is 417 g/mol. The smallest absolute Gasteiger partial charge is 0.252 e. The highest BCUT2D eigenvalue weighted by Gasteiger charge is 2.33. The van der Waals surface area contributed by atoms with Crippen LogP contribution in [0.15, 0.2) is 39.7 Å². The third-order valence-corrected chi connectivity index (χ3v) is 5.88. The van der Waals surface area contributed by atoms with E-state index >= 15 is 0 Å². The van der Waals surface area contributed by atoms with E-state index in [4.69, 9.17) is 14.9 Å². The molecule has 0 aliphatic heterocycles. The van der Waals surface area contributed by atoms with Gasteiger partial charge in [-0.2, -0.15) is 0 Å². The highest BCUT2D eigenvalue weighted by molar-refractivity contribution is 5.74. The van der Waals surface area contributed by atoms with E-state index in [0.29, 0.717) is 49.1 Å². The van der Waals surface area contributed by atoms with Crippen LogP contribution in [0.5, 0.6) is 0 Å². The van der Waals surface area contributed by atoms with Crippen molar-refractivity contribution in [3.8, 4) is 0 Å². The average Bonchev–Trinajstić information content (AvgIpc) is 3.11. The molecule has 1 fully saturated rings. The Hall–Kier alpha value is -2.58. The summed E-state index contributed by atoms with van der Waals surface area (Å²) in [4.78, 5) is 19.2. The molecular weight excluding hydrogens is 392 g/mol. The fraction of sp³-hybridized carbons (Fsp3) is 0.455. The number of nitrogens with one attached hydrogen (secondary N) is 1. The van der Waals surface area contributed by atoms with Gasteiger partial charge in [0.1, 0.15) is 17.5 Å². The van der Waals surface area contributed by atoms with Crippen molar-refractivity contribution in [1.82, 2.24) is 9.97 Å². The Morgan fingerprint density at radius 1 is 1.37 bits per heavy atom. The van der Waals surface area contributed by atoms with Crippen LogP contribution in [0.25, 0.3) is 11.1 Å². The van der Waals surface area contributed by atoms with Gasteiger partial charge in [-0.15, -0.1) is 0 Å². The highest BCUT2D eigenvalue weighted by Crippen LogP contribution is 2.32. The summed E-state index contributed by atoms with van der Waals surface area (Å²) < 4.78 is 38.3. The molecule has 1 aliphatic carbocycles. The summed E-state index contributed by atoms with van der Waals surface area (Å²) in [5.41, 5.74) is 7.83. The molecule has 0 unspecified atom stereocenters. The molecule has 2 heterocycles. The minimum absolute atomic E-state index is 0.207. The van der Waals surface area contributed by atoms with Crippen molar-refractivity contribution in [2.24, 2.45) is 5.73 Å². The first-order valence-electron chi connectivity index (χ1n) is 10.1. The van der Waals surface area contributed by atoms with Crippen molar-refractivity contribution in [2.75, 3.05) is 13.7 Å². The minimum Gasteiger partial charge on any atom is -0.441 e. The zero-order valence-corrected chi connectivity index (χ0v) is 16.8. The molecule has 3 aromatic rings. The van der Waals surface area contributed by atoms with Gasteiger partial charge in [0.05, 0.1) is 6.61 Å². The molecule has 160 valence electrons. The first-order valence-corrected chi connectivity index (χ1v) is 10.1. The lowest BCUT2D eigenvalue weighted by molar-refractivity contribution is 0.177. The Kier molecular flexibility index (Phi) is 5.71. The van der Waals surface area contributed by atoms with E-state index in [0.717, 1.165) is 11.8 Å². The van der Waals surface area contributed by atoms with E-state index in [1.54, 1.807) is 6.07 Å². The van der Waals surface area contributed by atoms with Crippen LogP contribution in [0.4, 0.5) is 8.78 Å². The second kappa shape index (κ2) is 8.28. The van der Waals surface area contributed by atoms with Gasteiger partial charge in [-0.25, -0.2) is 13.8 Å². The number of alkyl halides is 1. The quantitative estimate of drug-likeness (QED) is 0.639. The van der Waals surface area contributed by atoms with E-state index in [-0.39, 0.29) is 17.7 Å². The fourth-order valence-electron chi connectivity index (χ4n) is 4.18. The van der Waals surface area contributed by atoms with Gasteiger partial charge in [-0.3, -0.25) is 4.79 Å². The summed E-state index contributed by atoms with van der Waals surface area (Å²) in [6.45, 7) is 0.207. The van der Waals surface area contributed by atoms with Gasteiger partial charge in [0.15, 0.2) is 11.5 Å². The Morgan fingerprint density at radius 2 is 2.13 bits per heavy atom. The highest BCUT2D eigenvalue weighted by atomic mass is 19.1. The van der Waals surface area contributed by atoms with Crippen LogP contribution in [0, 0.1) is 5.82 Å². The SMILES string of the molecule is COC[C@H](c1ccc2oc(CC3(N)CCC(F)CC3)nc2c1)c1cc(F)c[nH]c1=O. The number of pyridine rings is 1. The molecule has 0 saturated heterocycles. The van der Waals surface area contributed by atoms with Crippen molar-refractivity contribution in [3.05, 3.63) is 63.7 Å². The number of hydrogen-bond acceptors (Lipinski definition) is 5. The second-order valence-electron chi connectivity index (χ2n) is 8.16. The van der Waals surface area contributed by atoms with Crippen LogP contribution < -0.4 is 11.3 Å². The number of aromatic nitrogens is 2. The zero-order chi connectivity index (χ0) is 21.3. The number of nitrogens with two attached hydrogens (primary N) is 1. The lowest BCUT2D eigenvalue weighted by Crippen LogP contribution is -2.45. The molecule has 0 radical (unpaired) electrons. The summed E-state index contributed by atoms with van der Waals surface area (Å²) in [6, 6.07) is 6.63. The number of hydrogen-bond donors (Lipinski definition) is 2. The zero-order valence-electron chi connectivity index (χ0n) is 16.8. The molecular formula is C22H25F2N3O3. The molecule has 2 aromatic heterocycles. The molecule has 1 saturated carbocycles. The lowest BCUT2D eigenvalue weighted by Gasteiger charge is -2.33. The normalized spacial score (nSPS) is 23.0. The number of rotatable bonds is 6. The van der Waals surface area contributed by atoms with Crippen LogP contribution >= 0.6 is 0 Å². The second-order valence-corrected chi connectivity index (χ2v) is 8.16. The number of H-pyrrole nitrogens is 1. The van der Waals surface area contributed by atoms with Crippen LogP contribution in [0.2, 0.25) is 0 Å². The number of methoxy groups -OCH3 is 1. The lowest BCUT2D eigenvalue weighted by atomic mass is 9.79. The van der Waals surface area contributed by atoms with E-state index in [9.17, 15) is 13.6 Å². The number of nitrogens with zero attached hydrogens (tertiary/aromatic N) is 1. The van der Waals surface area contributed by atoms with Crippen LogP contribution in [-0.2, 0) is 11.2 Å². The maximum Gasteiger partial charge on any atom is 0.252 e. The Labute approximate surface area is 172 Å². The topological polar surface area (TPSA) is 94.1 Å². The van der Waals surface area contributed by atoms with Gasteiger partial charge in [0.25, 0.3) is 5.56 Å². The standard InChI is InChI=1S/C22H25F2N3O3/c1-29-12-17(16-9-15(24)11-26-21(16)28)13-2-3-19-18(8-13)27-20(30-19)10-22(25)6-4-14(23)5-7-22/h2-3,8-9,11,14,17H,4-7,10,12,25H2,1H3,(H,26,28)/t14?,17-,22?/m1/s1. The Balaban J connectivity index is 1.64. The van der Waals surface area contributed by atoms with Gasteiger partial charge in [0.2, 0.25) is 0 Å². The number of benzene rings is 1. The van der Waals surface area contributed by atoms with Crippen molar-refractivity contribution in [3.63, 3.8) is 0 Å². The van der Waals surface area contributed by atoms with Crippen molar-refractivity contribution in [2.45, 2.75) is 49.7 Å². The fourth-order valence-corrected chi connectivity index (χ4v) is 4.18. The van der Waals surface area contributed by atoms with Gasteiger partial charge in [-0.05, 0) is 49.4 Å². The molecule has 1 aliphatic rings. The van der Waals surface area contributed by atoms with Gasteiger partial charge in [-0.1, -0.05) is 6.07 Å². The van der Waals surface area contributed by atoms with Gasteiger partial charge >= 0.3 is 0 Å². The Bertz CT molecular complexity index is 1090. The first kappa shape index (κ1) is 20.7. The van der Waals surface area contributed by atoms with Crippen LogP contribution in [0.3, 0.4) is 0 Å². The van der Waals surface area contributed by atoms with E-state index in [1.807, 2.05) is 12.1 Å². The van der Waals surface area contributed by atoms with Crippen molar-refractivity contribution < 1.29 is 17.9 Å². The summed E-state index contributed by atoms with van der Waals surface area (Å²) in [7, 11) is 1.53. The molecule has 6 nitrogen and oxygen atoms in total. The first-order chi connectivity index (χ1) is 14.4. The summed E-state index contributed by atoms with van der Waals surface area (Å²) in [5, 5.41) is 0. The molecule has 8 heteroatoms. The number of ether oxygens (including phenoxy) is 1. The third-order valence-electron chi connectivity index (χ3n) is 5.88. The van der Waals surface area contributed by atoms with E-state index < -0.39 is 23.4 Å².